The molecule has 1 fully saturated rings. The van der Waals surface area contributed by atoms with E-state index in [4.69, 9.17) is 0 Å². The first-order valence-electron chi connectivity index (χ1n) is 6.60. The second-order valence-corrected chi connectivity index (χ2v) is 5.60. The van der Waals surface area contributed by atoms with E-state index in [0.717, 1.165) is 37.3 Å². The van der Waals surface area contributed by atoms with Crippen LogP contribution in [0.15, 0.2) is 24.3 Å². The number of hydrogen-bond acceptors (Lipinski definition) is 3. The normalized spacial score (nSPS) is 19.4. The van der Waals surface area contributed by atoms with Crippen molar-refractivity contribution in [1.29, 1.82) is 0 Å². The van der Waals surface area contributed by atoms with E-state index in [0.29, 0.717) is 0 Å². The summed E-state index contributed by atoms with van der Waals surface area (Å²) in [6.07, 6.45) is 1.13. The monoisotopic (exact) mass is 246 g/mol. The van der Waals surface area contributed by atoms with Crippen LogP contribution in [-0.4, -0.2) is 31.0 Å². The fraction of sp³-hybridized carbons (Fsp3) is 0.533. The van der Waals surface area contributed by atoms with Crippen LogP contribution in [0.5, 0.6) is 0 Å². The molecule has 3 nitrogen and oxygen atoms in total. The molecule has 1 aromatic rings. The Balaban J connectivity index is 2.33. The molecule has 1 aliphatic rings. The molecule has 0 amide bonds. The van der Waals surface area contributed by atoms with Gasteiger partial charge in [-0.2, -0.15) is 0 Å². The van der Waals surface area contributed by atoms with Gasteiger partial charge in [0.05, 0.1) is 0 Å². The summed E-state index contributed by atoms with van der Waals surface area (Å²) in [4.78, 5) is 13.9. The van der Waals surface area contributed by atoms with Crippen LogP contribution in [-0.2, 0) is 0 Å². The van der Waals surface area contributed by atoms with Gasteiger partial charge in [-0.15, -0.1) is 0 Å². The van der Waals surface area contributed by atoms with E-state index in [1.54, 1.807) is 6.92 Å². The summed E-state index contributed by atoms with van der Waals surface area (Å²) in [5.74, 6) is 0.127. The van der Waals surface area contributed by atoms with Crippen LogP contribution < -0.4 is 10.2 Å². The van der Waals surface area contributed by atoms with Crippen LogP contribution in [0.4, 0.5) is 5.69 Å². The van der Waals surface area contributed by atoms with Crippen molar-refractivity contribution in [3.63, 3.8) is 0 Å². The average Bonchev–Trinajstić information content (AvgIpc) is 2.50. The minimum absolute atomic E-state index is 0.0753. The molecular formula is C15H22N2O. The predicted molar refractivity (Wildman–Crippen MR) is 75.4 cm³/mol. The molecular weight excluding hydrogens is 224 g/mol. The lowest BCUT2D eigenvalue weighted by Crippen LogP contribution is -2.48. The number of Topliss-reactive ketones (excluding diaryl/α,β-unsaturated/α-hetero) is 1. The number of anilines is 1. The quantitative estimate of drug-likeness (QED) is 0.814. The van der Waals surface area contributed by atoms with Crippen molar-refractivity contribution in [1.82, 2.24) is 5.32 Å². The molecule has 0 unspecified atom stereocenters. The number of nitrogens with zero attached hydrogens (tertiary/aromatic N) is 1. The molecule has 1 N–H and O–H groups in total. The average molecular weight is 246 g/mol. The van der Waals surface area contributed by atoms with E-state index in [9.17, 15) is 4.79 Å². The summed E-state index contributed by atoms with van der Waals surface area (Å²) >= 11 is 0. The third-order valence-corrected chi connectivity index (χ3v) is 3.59. The molecule has 0 radical (unpaired) electrons. The standard InChI is InChI=1S/C15H22N2O/c1-12(18)13-6-4-7-14(10-13)17-9-5-8-16-11-15(17,2)3/h4,6-7,10,16H,5,8-9,11H2,1-3H3. The van der Waals surface area contributed by atoms with Crippen molar-refractivity contribution in [2.24, 2.45) is 0 Å². The molecule has 3 heteroatoms. The first kappa shape index (κ1) is 13.1. The minimum Gasteiger partial charge on any atom is -0.365 e. The van der Waals surface area contributed by atoms with Gasteiger partial charge in [0.25, 0.3) is 0 Å². The van der Waals surface area contributed by atoms with Crippen LogP contribution in [0.3, 0.4) is 0 Å². The van der Waals surface area contributed by atoms with Crippen molar-refractivity contribution in [3.8, 4) is 0 Å². The molecule has 0 atom stereocenters. The Labute approximate surface area is 109 Å². The molecule has 0 saturated carbocycles. The molecule has 1 saturated heterocycles. The summed E-state index contributed by atoms with van der Waals surface area (Å²) < 4.78 is 0. The van der Waals surface area contributed by atoms with Crippen LogP contribution in [0, 0.1) is 0 Å². The Morgan fingerprint density at radius 3 is 2.89 bits per heavy atom. The highest BCUT2D eigenvalue weighted by Crippen LogP contribution is 2.26. The van der Waals surface area contributed by atoms with Gasteiger partial charge in [0.1, 0.15) is 0 Å². The number of benzene rings is 1. The second-order valence-electron chi connectivity index (χ2n) is 5.60. The summed E-state index contributed by atoms with van der Waals surface area (Å²) in [7, 11) is 0. The van der Waals surface area contributed by atoms with Gasteiger partial charge in [-0.3, -0.25) is 4.79 Å². The number of rotatable bonds is 2. The van der Waals surface area contributed by atoms with Gasteiger partial charge in [-0.1, -0.05) is 12.1 Å². The zero-order chi connectivity index (χ0) is 13.2. The maximum absolute atomic E-state index is 11.5. The molecule has 1 aliphatic heterocycles. The van der Waals surface area contributed by atoms with Crippen molar-refractivity contribution in [2.75, 3.05) is 24.5 Å². The van der Waals surface area contributed by atoms with E-state index in [-0.39, 0.29) is 11.3 Å². The molecule has 18 heavy (non-hydrogen) atoms. The smallest absolute Gasteiger partial charge is 0.159 e. The van der Waals surface area contributed by atoms with E-state index >= 15 is 0 Å². The van der Waals surface area contributed by atoms with E-state index < -0.39 is 0 Å². The van der Waals surface area contributed by atoms with Crippen molar-refractivity contribution in [3.05, 3.63) is 29.8 Å². The van der Waals surface area contributed by atoms with Crippen LogP contribution in [0.2, 0.25) is 0 Å². The van der Waals surface area contributed by atoms with Gasteiger partial charge >= 0.3 is 0 Å². The molecule has 0 bridgehead atoms. The minimum atomic E-state index is 0.0753. The molecule has 1 heterocycles. The maximum Gasteiger partial charge on any atom is 0.159 e. The Bertz CT molecular complexity index is 440. The van der Waals surface area contributed by atoms with Crippen molar-refractivity contribution in [2.45, 2.75) is 32.7 Å². The summed E-state index contributed by atoms with van der Waals surface area (Å²) in [5.41, 5.74) is 2.02. The number of nitrogens with one attached hydrogen (secondary N) is 1. The summed E-state index contributed by atoms with van der Waals surface area (Å²) in [6.45, 7) is 9.16. The maximum atomic E-state index is 11.5. The highest BCUT2D eigenvalue weighted by Gasteiger charge is 2.28. The highest BCUT2D eigenvalue weighted by atomic mass is 16.1. The lowest BCUT2D eigenvalue weighted by molar-refractivity contribution is 0.101. The third kappa shape index (κ3) is 2.72. The molecule has 0 spiro atoms. The second kappa shape index (κ2) is 5.11. The number of carbonyl (C=O) groups is 1. The SMILES string of the molecule is CC(=O)c1cccc(N2CCCNCC2(C)C)c1. The van der Waals surface area contributed by atoms with Gasteiger partial charge in [0.15, 0.2) is 5.78 Å². The van der Waals surface area contributed by atoms with Crippen LogP contribution >= 0.6 is 0 Å². The van der Waals surface area contributed by atoms with Gasteiger partial charge in [0.2, 0.25) is 0 Å². The molecule has 0 aliphatic carbocycles. The largest absolute Gasteiger partial charge is 0.365 e. The Morgan fingerprint density at radius 2 is 2.17 bits per heavy atom. The Hall–Kier alpha value is -1.35. The summed E-state index contributed by atoms with van der Waals surface area (Å²) in [5, 5.41) is 3.47. The van der Waals surface area contributed by atoms with Gasteiger partial charge in [-0.25, -0.2) is 0 Å². The lowest BCUT2D eigenvalue weighted by Gasteiger charge is -2.39. The molecule has 0 aromatic heterocycles. The highest BCUT2D eigenvalue weighted by molar-refractivity contribution is 5.95. The third-order valence-electron chi connectivity index (χ3n) is 3.59. The summed E-state index contributed by atoms with van der Waals surface area (Å²) in [6, 6.07) is 7.96. The number of carbonyl (C=O) groups excluding carboxylic acids is 1. The lowest BCUT2D eigenvalue weighted by atomic mass is 10.0. The van der Waals surface area contributed by atoms with Crippen molar-refractivity contribution >= 4 is 11.5 Å². The first-order chi connectivity index (χ1) is 8.50. The number of hydrogen-bond donors (Lipinski definition) is 1. The fourth-order valence-corrected chi connectivity index (χ4v) is 2.53. The Kier molecular flexibility index (Phi) is 3.71. The van der Waals surface area contributed by atoms with Gasteiger partial charge < -0.3 is 10.2 Å². The number of ketones is 1. The van der Waals surface area contributed by atoms with Gasteiger partial charge in [-0.05, 0) is 45.9 Å². The first-order valence-corrected chi connectivity index (χ1v) is 6.60. The van der Waals surface area contributed by atoms with E-state index in [2.05, 4.69) is 30.1 Å². The van der Waals surface area contributed by atoms with Crippen LogP contribution in [0.1, 0.15) is 37.6 Å². The van der Waals surface area contributed by atoms with E-state index in [1.807, 2.05) is 18.2 Å². The predicted octanol–water partition coefficient (Wildman–Crippen LogP) is 2.47. The fourth-order valence-electron chi connectivity index (χ4n) is 2.53. The molecule has 1 aromatic carbocycles. The molecule has 2 rings (SSSR count). The molecule has 98 valence electrons. The zero-order valence-electron chi connectivity index (χ0n) is 11.5. The van der Waals surface area contributed by atoms with Crippen LogP contribution in [0.25, 0.3) is 0 Å². The Morgan fingerprint density at radius 1 is 1.39 bits per heavy atom. The van der Waals surface area contributed by atoms with E-state index in [1.165, 1.54) is 0 Å². The zero-order valence-corrected chi connectivity index (χ0v) is 11.5. The van der Waals surface area contributed by atoms with Gasteiger partial charge in [0, 0.05) is 29.9 Å². The topological polar surface area (TPSA) is 32.3 Å². The van der Waals surface area contributed by atoms with Crippen molar-refractivity contribution < 1.29 is 4.79 Å².